The monoisotopic (exact) mass is 310 g/mol. The van der Waals surface area contributed by atoms with Gasteiger partial charge in [0.2, 0.25) is 5.91 Å². The van der Waals surface area contributed by atoms with E-state index in [9.17, 15) is 4.79 Å². The molecule has 2 unspecified atom stereocenters. The number of rotatable bonds is 4. The molecule has 0 radical (unpaired) electrons. The van der Waals surface area contributed by atoms with Crippen molar-refractivity contribution in [1.29, 1.82) is 0 Å². The highest BCUT2D eigenvalue weighted by atomic mass is 16.5. The van der Waals surface area contributed by atoms with Crippen molar-refractivity contribution in [3.8, 4) is 16.9 Å². The van der Waals surface area contributed by atoms with Gasteiger partial charge in [0.05, 0.1) is 7.11 Å². The number of hydrogen-bond acceptors (Lipinski definition) is 3. The largest absolute Gasteiger partial charge is 0.496 e. The van der Waals surface area contributed by atoms with Gasteiger partial charge in [-0.05, 0) is 43.0 Å². The standard InChI is InChI=1S/C19H22N2O2/c1-23-18-8-3-2-7-17(18)13-5-4-6-16(12-13)21-19(22)14-9-10-15(20)11-14/h2-8,12,14-15H,9-11,20H2,1H3,(H,21,22). The van der Waals surface area contributed by atoms with Crippen LogP contribution >= 0.6 is 0 Å². The molecule has 1 fully saturated rings. The van der Waals surface area contributed by atoms with E-state index in [0.717, 1.165) is 41.8 Å². The minimum atomic E-state index is 0.0277. The Morgan fingerprint density at radius 1 is 1.17 bits per heavy atom. The van der Waals surface area contributed by atoms with Crippen LogP contribution in [-0.4, -0.2) is 19.1 Å². The molecule has 0 saturated heterocycles. The lowest BCUT2D eigenvalue weighted by molar-refractivity contribution is -0.119. The van der Waals surface area contributed by atoms with E-state index in [0.29, 0.717) is 0 Å². The molecule has 0 aromatic heterocycles. The third kappa shape index (κ3) is 3.54. The van der Waals surface area contributed by atoms with Crippen LogP contribution in [0.2, 0.25) is 0 Å². The van der Waals surface area contributed by atoms with Gasteiger partial charge in [-0.25, -0.2) is 0 Å². The quantitative estimate of drug-likeness (QED) is 0.909. The Morgan fingerprint density at radius 3 is 2.74 bits per heavy atom. The van der Waals surface area contributed by atoms with Crippen molar-refractivity contribution in [2.75, 3.05) is 12.4 Å². The van der Waals surface area contributed by atoms with Crippen LogP contribution in [-0.2, 0) is 4.79 Å². The van der Waals surface area contributed by atoms with E-state index in [4.69, 9.17) is 10.5 Å². The molecule has 1 amide bonds. The fraction of sp³-hybridized carbons (Fsp3) is 0.316. The maximum atomic E-state index is 12.3. The normalized spacial score (nSPS) is 20.3. The Balaban J connectivity index is 1.79. The number of para-hydroxylation sites is 1. The summed E-state index contributed by atoms with van der Waals surface area (Å²) in [4.78, 5) is 12.3. The van der Waals surface area contributed by atoms with Crippen LogP contribution in [0.25, 0.3) is 11.1 Å². The van der Waals surface area contributed by atoms with Crippen molar-refractivity contribution in [2.24, 2.45) is 11.7 Å². The molecule has 0 bridgehead atoms. The van der Waals surface area contributed by atoms with Gasteiger partial charge in [-0.15, -0.1) is 0 Å². The van der Waals surface area contributed by atoms with Crippen LogP contribution in [0.1, 0.15) is 19.3 Å². The maximum absolute atomic E-state index is 12.3. The van der Waals surface area contributed by atoms with E-state index >= 15 is 0 Å². The number of methoxy groups -OCH3 is 1. The number of anilines is 1. The van der Waals surface area contributed by atoms with Gasteiger partial charge in [0.15, 0.2) is 0 Å². The van der Waals surface area contributed by atoms with Gasteiger partial charge in [0.1, 0.15) is 5.75 Å². The smallest absolute Gasteiger partial charge is 0.227 e. The van der Waals surface area contributed by atoms with Gasteiger partial charge in [-0.1, -0.05) is 30.3 Å². The summed E-state index contributed by atoms with van der Waals surface area (Å²) in [6.45, 7) is 0. The Kier molecular flexibility index (Phi) is 4.63. The van der Waals surface area contributed by atoms with Crippen LogP contribution in [0.5, 0.6) is 5.75 Å². The highest BCUT2D eigenvalue weighted by Gasteiger charge is 2.27. The number of carbonyl (C=O) groups is 1. The van der Waals surface area contributed by atoms with Crippen LogP contribution in [0.4, 0.5) is 5.69 Å². The topological polar surface area (TPSA) is 64.3 Å². The molecule has 1 aliphatic rings. The number of hydrogen-bond donors (Lipinski definition) is 2. The fourth-order valence-corrected chi connectivity index (χ4v) is 3.15. The third-order valence-electron chi connectivity index (χ3n) is 4.39. The Morgan fingerprint density at radius 2 is 2.00 bits per heavy atom. The summed E-state index contributed by atoms with van der Waals surface area (Å²) >= 11 is 0. The molecule has 2 atom stereocenters. The van der Waals surface area contributed by atoms with Gasteiger partial charge in [-0.2, -0.15) is 0 Å². The molecule has 3 rings (SSSR count). The summed E-state index contributed by atoms with van der Waals surface area (Å²) in [6, 6.07) is 15.9. The van der Waals surface area contributed by atoms with Crippen molar-refractivity contribution < 1.29 is 9.53 Å². The first-order chi connectivity index (χ1) is 11.2. The summed E-state index contributed by atoms with van der Waals surface area (Å²) in [5, 5.41) is 3.02. The SMILES string of the molecule is COc1ccccc1-c1cccc(NC(=O)C2CCC(N)C2)c1. The fourth-order valence-electron chi connectivity index (χ4n) is 3.15. The van der Waals surface area contributed by atoms with Crippen LogP contribution in [0.15, 0.2) is 48.5 Å². The Hall–Kier alpha value is -2.33. The van der Waals surface area contributed by atoms with Gasteiger partial charge in [0.25, 0.3) is 0 Å². The molecule has 23 heavy (non-hydrogen) atoms. The maximum Gasteiger partial charge on any atom is 0.227 e. The second-order valence-electron chi connectivity index (χ2n) is 6.04. The summed E-state index contributed by atoms with van der Waals surface area (Å²) < 4.78 is 5.41. The highest BCUT2D eigenvalue weighted by molar-refractivity contribution is 5.93. The zero-order valence-electron chi connectivity index (χ0n) is 13.3. The number of carbonyl (C=O) groups excluding carboxylic acids is 1. The predicted octanol–water partition coefficient (Wildman–Crippen LogP) is 3.43. The Bertz CT molecular complexity index is 699. The summed E-state index contributed by atoms with van der Waals surface area (Å²) in [5.74, 6) is 0.910. The molecule has 3 N–H and O–H groups in total. The lowest BCUT2D eigenvalue weighted by atomic mass is 10.0. The summed E-state index contributed by atoms with van der Waals surface area (Å²) in [7, 11) is 1.66. The number of ether oxygens (including phenoxy) is 1. The molecule has 1 saturated carbocycles. The first-order valence-corrected chi connectivity index (χ1v) is 7.97. The van der Waals surface area contributed by atoms with Crippen LogP contribution in [0, 0.1) is 5.92 Å². The molecule has 2 aromatic carbocycles. The van der Waals surface area contributed by atoms with Crippen molar-refractivity contribution >= 4 is 11.6 Å². The zero-order chi connectivity index (χ0) is 16.2. The highest BCUT2D eigenvalue weighted by Crippen LogP contribution is 2.31. The Labute approximate surface area is 136 Å². The molecular weight excluding hydrogens is 288 g/mol. The first-order valence-electron chi connectivity index (χ1n) is 7.97. The van der Waals surface area contributed by atoms with Gasteiger partial charge >= 0.3 is 0 Å². The van der Waals surface area contributed by atoms with E-state index in [1.54, 1.807) is 7.11 Å². The van der Waals surface area contributed by atoms with Crippen molar-refractivity contribution in [3.63, 3.8) is 0 Å². The number of benzene rings is 2. The number of nitrogens with one attached hydrogen (secondary N) is 1. The number of nitrogens with two attached hydrogens (primary N) is 1. The molecular formula is C19H22N2O2. The van der Waals surface area contributed by atoms with Gasteiger partial charge < -0.3 is 15.8 Å². The molecule has 1 aliphatic carbocycles. The van der Waals surface area contributed by atoms with Gasteiger partial charge in [-0.3, -0.25) is 4.79 Å². The lowest BCUT2D eigenvalue weighted by Gasteiger charge is -2.13. The average Bonchev–Trinajstić information content (AvgIpc) is 3.02. The predicted molar refractivity (Wildman–Crippen MR) is 92.4 cm³/mol. The van der Waals surface area contributed by atoms with E-state index in [2.05, 4.69) is 5.32 Å². The second kappa shape index (κ2) is 6.84. The van der Waals surface area contributed by atoms with Crippen LogP contribution < -0.4 is 15.8 Å². The van der Waals surface area contributed by atoms with Crippen LogP contribution in [0.3, 0.4) is 0 Å². The minimum Gasteiger partial charge on any atom is -0.496 e. The summed E-state index contributed by atoms with van der Waals surface area (Å²) in [5.41, 5.74) is 8.72. The lowest BCUT2D eigenvalue weighted by Crippen LogP contribution is -2.23. The zero-order valence-corrected chi connectivity index (χ0v) is 13.3. The van der Waals surface area contributed by atoms with E-state index in [1.165, 1.54) is 0 Å². The van der Waals surface area contributed by atoms with E-state index in [1.807, 2.05) is 48.5 Å². The van der Waals surface area contributed by atoms with Crippen molar-refractivity contribution in [1.82, 2.24) is 0 Å². The molecule has 2 aromatic rings. The van der Waals surface area contributed by atoms with Crippen molar-refractivity contribution in [2.45, 2.75) is 25.3 Å². The van der Waals surface area contributed by atoms with Crippen molar-refractivity contribution in [3.05, 3.63) is 48.5 Å². The second-order valence-corrected chi connectivity index (χ2v) is 6.04. The molecule has 4 heteroatoms. The molecule has 0 heterocycles. The number of amides is 1. The summed E-state index contributed by atoms with van der Waals surface area (Å²) in [6.07, 6.45) is 2.58. The molecule has 0 spiro atoms. The molecule has 4 nitrogen and oxygen atoms in total. The third-order valence-corrected chi connectivity index (χ3v) is 4.39. The average molecular weight is 310 g/mol. The minimum absolute atomic E-state index is 0.0277. The molecule has 120 valence electrons. The van der Waals surface area contributed by atoms with Gasteiger partial charge in [0, 0.05) is 23.2 Å². The molecule has 0 aliphatic heterocycles. The first kappa shape index (κ1) is 15.6. The van der Waals surface area contributed by atoms with E-state index < -0.39 is 0 Å². The van der Waals surface area contributed by atoms with E-state index in [-0.39, 0.29) is 17.9 Å².